The number of ether oxygens (including phenoxy) is 2. The van der Waals surface area contributed by atoms with Gasteiger partial charge in [0.05, 0.1) is 0 Å². The predicted molar refractivity (Wildman–Crippen MR) is 116 cm³/mol. The van der Waals surface area contributed by atoms with E-state index in [1.54, 1.807) is 17.8 Å². The maximum atomic E-state index is 10.8. The molecule has 0 radical (unpaired) electrons. The van der Waals surface area contributed by atoms with Crippen molar-refractivity contribution in [2.45, 2.75) is 24.9 Å². The molecule has 2 N–H and O–H groups in total. The summed E-state index contributed by atoms with van der Waals surface area (Å²) in [5, 5.41) is 21.1. The maximum Gasteiger partial charge on any atom is 0.341 e. The van der Waals surface area contributed by atoms with Crippen LogP contribution in [0.15, 0.2) is 66.7 Å². The molecule has 0 bridgehead atoms. The summed E-state index contributed by atoms with van der Waals surface area (Å²) in [5.41, 5.74) is 1.15. The number of hydrogen-bond donors (Lipinski definition) is 2. The van der Waals surface area contributed by atoms with Gasteiger partial charge in [0.25, 0.3) is 0 Å². The number of benzene rings is 3. The molecule has 0 heterocycles. The van der Waals surface area contributed by atoms with E-state index in [9.17, 15) is 9.90 Å². The first kappa shape index (κ1) is 21.0. The summed E-state index contributed by atoms with van der Waals surface area (Å²) in [4.78, 5) is 10.8. The molecule has 29 heavy (non-hydrogen) atoms. The van der Waals surface area contributed by atoms with Crippen LogP contribution in [-0.2, 0) is 4.79 Å². The average molecular weight is 413 g/mol. The number of aliphatic carboxylic acids is 1. The van der Waals surface area contributed by atoms with Crippen molar-refractivity contribution in [1.82, 2.24) is 0 Å². The van der Waals surface area contributed by atoms with Gasteiger partial charge < -0.3 is 19.7 Å². The van der Waals surface area contributed by atoms with E-state index in [4.69, 9.17) is 14.6 Å². The molecule has 3 rings (SSSR count). The van der Waals surface area contributed by atoms with Crippen molar-refractivity contribution < 1.29 is 24.5 Å². The number of carbonyl (C=O) groups is 1. The van der Waals surface area contributed by atoms with Gasteiger partial charge in [-0.3, -0.25) is 0 Å². The van der Waals surface area contributed by atoms with Gasteiger partial charge in [0.15, 0.2) is 12.9 Å². The molecule has 0 aromatic heterocycles. The van der Waals surface area contributed by atoms with Crippen LogP contribution in [0.2, 0.25) is 0 Å². The number of aliphatic hydroxyl groups excluding tert-OH is 1. The van der Waals surface area contributed by atoms with Crippen LogP contribution < -0.4 is 9.47 Å². The second-order valence-corrected chi connectivity index (χ2v) is 8.02. The predicted octanol–water partition coefficient (Wildman–Crippen LogP) is 4.88. The van der Waals surface area contributed by atoms with Crippen molar-refractivity contribution in [3.05, 3.63) is 72.3 Å². The zero-order valence-electron chi connectivity index (χ0n) is 16.2. The van der Waals surface area contributed by atoms with E-state index in [2.05, 4.69) is 13.0 Å². The minimum absolute atomic E-state index is 0.192. The van der Waals surface area contributed by atoms with Gasteiger partial charge in [0, 0.05) is 17.1 Å². The first-order valence-electron chi connectivity index (χ1n) is 9.42. The third-order valence-electron chi connectivity index (χ3n) is 4.45. The highest BCUT2D eigenvalue weighted by atomic mass is 32.2. The molecular formula is C23H24O5S. The van der Waals surface area contributed by atoms with E-state index < -0.39 is 12.3 Å². The summed E-state index contributed by atoms with van der Waals surface area (Å²) < 4.78 is 10.9. The fraction of sp³-hybridized carbons (Fsp3) is 0.261. The van der Waals surface area contributed by atoms with E-state index in [0.717, 1.165) is 22.1 Å². The second kappa shape index (κ2) is 10.2. The number of thioether (sulfide) groups is 1. The quantitative estimate of drug-likeness (QED) is 0.462. The molecule has 0 aliphatic carbocycles. The molecule has 0 aliphatic heterocycles. The summed E-state index contributed by atoms with van der Waals surface area (Å²) in [5.74, 6) is 0.954. The number of aliphatic hydroxyl groups is 1. The Morgan fingerprint density at radius 1 is 1.00 bits per heavy atom. The molecule has 2 unspecified atom stereocenters. The summed E-state index contributed by atoms with van der Waals surface area (Å²) >= 11 is 1.73. The fourth-order valence-corrected chi connectivity index (χ4v) is 4.15. The number of carboxylic acid groups (broad SMARTS) is 1. The Labute approximate surface area is 174 Å². The zero-order valence-corrected chi connectivity index (χ0v) is 17.0. The molecule has 3 aromatic carbocycles. The lowest BCUT2D eigenvalue weighted by molar-refractivity contribution is -0.139. The largest absolute Gasteiger partial charge is 0.481 e. The number of para-hydroxylation sites is 1. The van der Waals surface area contributed by atoms with Crippen LogP contribution in [0.1, 0.15) is 24.2 Å². The summed E-state index contributed by atoms with van der Waals surface area (Å²) in [7, 11) is 0. The Bertz CT molecular complexity index is 944. The molecule has 5 nitrogen and oxygen atoms in total. The molecule has 0 saturated carbocycles. The van der Waals surface area contributed by atoms with Gasteiger partial charge >= 0.3 is 5.97 Å². The first-order valence-corrected chi connectivity index (χ1v) is 10.5. The standard InChI is InChI=1S/C23H24O5S/c1-16(29-14-13-23(26)28-17-7-3-2-4-8-17)18-9-5-11-20-19(18)10-6-12-21(20)27-15-22(24)25/h2-12,16,23,26H,13-15H2,1H3,(H,24,25). The van der Waals surface area contributed by atoms with E-state index >= 15 is 0 Å². The molecule has 0 amide bonds. The van der Waals surface area contributed by atoms with Crippen molar-refractivity contribution >= 4 is 28.5 Å². The van der Waals surface area contributed by atoms with Crippen molar-refractivity contribution in [1.29, 1.82) is 0 Å². The molecule has 0 spiro atoms. The van der Waals surface area contributed by atoms with Gasteiger partial charge in [0.2, 0.25) is 0 Å². The van der Waals surface area contributed by atoms with Crippen molar-refractivity contribution in [2.24, 2.45) is 0 Å². The van der Waals surface area contributed by atoms with Gasteiger partial charge in [-0.1, -0.05) is 48.5 Å². The Morgan fingerprint density at radius 3 is 2.48 bits per heavy atom. The van der Waals surface area contributed by atoms with Crippen LogP contribution in [-0.4, -0.2) is 34.8 Å². The molecular weight excluding hydrogens is 388 g/mol. The van der Waals surface area contributed by atoms with Gasteiger partial charge in [-0.15, -0.1) is 0 Å². The van der Waals surface area contributed by atoms with Gasteiger partial charge in [0.1, 0.15) is 11.5 Å². The fourth-order valence-electron chi connectivity index (χ4n) is 3.08. The highest BCUT2D eigenvalue weighted by Gasteiger charge is 2.14. The minimum Gasteiger partial charge on any atom is -0.481 e. The Morgan fingerprint density at radius 2 is 1.72 bits per heavy atom. The Balaban J connectivity index is 1.62. The number of fused-ring (bicyclic) bond motifs is 1. The summed E-state index contributed by atoms with van der Waals surface area (Å²) in [6, 6.07) is 20.9. The van der Waals surface area contributed by atoms with Crippen molar-refractivity contribution in [3.63, 3.8) is 0 Å². The number of carboxylic acids is 1. The van der Waals surface area contributed by atoms with Crippen LogP contribution in [0.5, 0.6) is 11.5 Å². The monoisotopic (exact) mass is 412 g/mol. The van der Waals surface area contributed by atoms with Crippen LogP contribution >= 0.6 is 11.8 Å². The minimum atomic E-state index is -1.00. The summed E-state index contributed by atoms with van der Waals surface area (Å²) in [6.07, 6.45) is -0.331. The molecule has 0 fully saturated rings. The maximum absolute atomic E-state index is 10.8. The van der Waals surface area contributed by atoms with Gasteiger partial charge in [-0.05, 0) is 41.8 Å². The third kappa shape index (κ3) is 5.89. The zero-order chi connectivity index (χ0) is 20.6. The summed E-state index contributed by atoms with van der Waals surface area (Å²) in [6.45, 7) is 1.75. The topological polar surface area (TPSA) is 76.0 Å². The van der Waals surface area contributed by atoms with Gasteiger partial charge in [-0.25, -0.2) is 4.79 Å². The SMILES string of the molecule is CC(SCCC(O)Oc1ccccc1)c1cccc2c(OCC(=O)O)cccc12. The molecule has 3 aromatic rings. The molecule has 0 aliphatic rings. The third-order valence-corrected chi connectivity index (χ3v) is 5.68. The average Bonchev–Trinajstić information content (AvgIpc) is 2.72. The molecule has 152 valence electrons. The second-order valence-electron chi connectivity index (χ2n) is 6.57. The smallest absolute Gasteiger partial charge is 0.341 e. The van der Waals surface area contributed by atoms with Crippen LogP contribution in [0.3, 0.4) is 0 Å². The van der Waals surface area contributed by atoms with E-state index in [1.165, 1.54) is 0 Å². The Hall–Kier alpha value is -2.70. The molecule has 6 heteroatoms. The molecule has 0 saturated heterocycles. The number of rotatable bonds is 10. The highest BCUT2D eigenvalue weighted by molar-refractivity contribution is 7.99. The van der Waals surface area contributed by atoms with Gasteiger partial charge in [-0.2, -0.15) is 11.8 Å². The first-order chi connectivity index (χ1) is 14.0. The van der Waals surface area contributed by atoms with E-state index in [1.807, 2.05) is 54.6 Å². The lowest BCUT2D eigenvalue weighted by Crippen LogP contribution is -2.16. The Kier molecular flexibility index (Phi) is 7.38. The van der Waals surface area contributed by atoms with Crippen molar-refractivity contribution in [3.8, 4) is 11.5 Å². The van der Waals surface area contributed by atoms with Crippen LogP contribution in [0.4, 0.5) is 0 Å². The van der Waals surface area contributed by atoms with Crippen LogP contribution in [0.25, 0.3) is 10.8 Å². The lowest BCUT2D eigenvalue weighted by atomic mass is 10.0. The normalized spacial score (nSPS) is 13.0. The van der Waals surface area contributed by atoms with Crippen LogP contribution in [0, 0.1) is 0 Å². The van der Waals surface area contributed by atoms with Crippen molar-refractivity contribution in [2.75, 3.05) is 12.4 Å². The van der Waals surface area contributed by atoms with E-state index in [0.29, 0.717) is 17.9 Å². The van der Waals surface area contributed by atoms with E-state index in [-0.39, 0.29) is 11.9 Å². The molecule has 2 atom stereocenters. The highest BCUT2D eigenvalue weighted by Crippen LogP contribution is 2.36. The lowest BCUT2D eigenvalue weighted by Gasteiger charge is -2.17. The number of hydrogen-bond acceptors (Lipinski definition) is 5.